The van der Waals surface area contributed by atoms with Crippen molar-refractivity contribution in [2.75, 3.05) is 12.4 Å². The average molecular weight is 194 g/mol. The smallest absolute Gasteiger partial charge is 0.0471 e. The van der Waals surface area contributed by atoms with Crippen LogP contribution in [-0.4, -0.2) is 17.5 Å². The van der Waals surface area contributed by atoms with E-state index >= 15 is 0 Å². The van der Waals surface area contributed by atoms with E-state index in [-0.39, 0.29) is 6.61 Å². The predicted molar refractivity (Wildman–Crippen MR) is 60.1 cm³/mol. The average Bonchev–Trinajstić information content (AvgIpc) is 2.16. The zero-order valence-corrected chi connectivity index (χ0v) is 8.37. The van der Waals surface area contributed by atoms with Crippen molar-refractivity contribution >= 4 is 18.7 Å². The summed E-state index contributed by atoms with van der Waals surface area (Å²) in [6, 6.07) is 8.15. The zero-order valence-electron chi connectivity index (χ0n) is 7.48. The fraction of sp³-hybridized carbons (Fsp3) is 0.273. The second-order valence-electron chi connectivity index (χ2n) is 2.80. The van der Waals surface area contributed by atoms with Crippen molar-refractivity contribution in [1.29, 1.82) is 0 Å². The summed E-state index contributed by atoms with van der Waals surface area (Å²) in [6.07, 6.45) is 4.76. The van der Waals surface area contributed by atoms with Gasteiger partial charge < -0.3 is 5.11 Å². The molecule has 1 N–H and O–H groups in total. The van der Waals surface area contributed by atoms with E-state index in [9.17, 15) is 0 Å². The molecule has 0 aliphatic rings. The van der Waals surface area contributed by atoms with E-state index < -0.39 is 0 Å². The Balaban J connectivity index is 2.73. The summed E-state index contributed by atoms with van der Waals surface area (Å²) in [5, 5.41) is 8.76. The van der Waals surface area contributed by atoms with Crippen LogP contribution in [0.15, 0.2) is 30.3 Å². The number of thiol groups is 1. The Bertz CT molecular complexity index is 281. The molecule has 0 bridgehead atoms. The third-order valence-corrected chi connectivity index (χ3v) is 1.98. The topological polar surface area (TPSA) is 20.2 Å². The maximum atomic E-state index is 8.76. The standard InChI is InChI=1S/C11H14OS/c12-7-6-11-4-1-3-10(9-11)5-2-8-13/h1-5,9,12-13H,6-8H2. The van der Waals surface area contributed by atoms with E-state index in [0.717, 1.165) is 12.2 Å². The van der Waals surface area contributed by atoms with Gasteiger partial charge in [0.15, 0.2) is 0 Å². The van der Waals surface area contributed by atoms with Crippen LogP contribution in [0.3, 0.4) is 0 Å². The van der Waals surface area contributed by atoms with Gasteiger partial charge >= 0.3 is 0 Å². The summed E-state index contributed by atoms with van der Waals surface area (Å²) in [4.78, 5) is 0. The highest BCUT2D eigenvalue weighted by atomic mass is 32.1. The summed E-state index contributed by atoms with van der Waals surface area (Å²) in [7, 11) is 0. The van der Waals surface area contributed by atoms with Crippen LogP contribution in [0.25, 0.3) is 6.08 Å². The Kier molecular flexibility index (Phi) is 4.65. The van der Waals surface area contributed by atoms with Gasteiger partial charge in [0.05, 0.1) is 0 Å². The monoisotopic (exact) mass is 194 g/mol. The van der Waals surface area contributed by atoms with E-state index in [1.807, 2.05) is 30.4 Å². The van der Waals surface area contributed by atoms with Crippen LogP contribution in [0.1, 0.15) is 11.1 Å². The van der Waals surface area contributed by atoms with Crippen LogP contribution in [0.5, 0.6) is 0 Å². The van der Waals surface area contributed by atoms with Gasteiger partial charge in [0, 0.05) is 12.4 Å². The van der Waals surface area contributed by atoms with Gasteiger partial charge in [-0.3, -0.25) is 0 Å². The highest BCUT2D eigenvalue weighted by molar-refractivity contribution is 7.80. The molecular formula is C11H14OS. The van der Waals surface area contributed by atoms with Gasteiger partial charge in [-0.2, -0.15) is 12.6 Å². The molecule has 0 saturated carbocycles. The fourth-order valence-corrected chi connectivity index (χ4v) is 1.28. The molecule has 0 saturated heterocycles. The van der Waals surface area contributed by atoms with E-state index in [1.165, 1.54) is 11.1 Å². The summed E-state index contributed by atoms with van der Waals surface area (Å²) >= 11 is 4.09. The molecule has 0 spiro atoms. The quantitative estimate of drug-likeness (QED) is 0.704. The molecule has 0 aromatic heterocycles. The molecule has 1 rings (SSSR count). The normalized spacial score (nSPS) is 10.9. The Morgan fingerprint density at radius 1 is 1.38 bits per heavy atom. The number of hydrogen-bond donors (Lipinski definition) is 2. The third kappa shape index (κ3) is 3.66. The Morgan fingerprint density at radius 2 is 2.23 bits per heavy atom. The van der Waals surface area contributed by atoms with E-state index in [1.54, 1.807) is 0 Å². The van der Waals surface area contributed by atoms with Gasteiger partial charge in [-0.05, 0) is 17.5 Å². The van der Waals surface area contributed by atoms with Crippen LogP contribution in [-0.2, 0) is 6.42 Å². The molecule has 0 unspecified atom stereocenters. The molecule has 1 aromatic carbocycles. The lowest BCUT2D eigenvalue weighted by Gasteiger charge is -1.99. The lowest BCUT2D eigenvalue weighted by molar-refractivity contribution is 0.299. The van der Waals surface area contributed by atoms with Crippen molar-refractivity contribution in [3.05, 3.63) is 41.5 Å². The molecule has 0 aliphatic carbocycles. The molecule has 2 heteroatoms. The van der Waals surface area contributed by atoms with Gasteiger partial charge in [-0.1, -0.05) is 36.4 Å². The van der Waals surface area contributed by atoms with Gasteiger partial charge in [0.1, 0.15) is 0 Å². The van der Waals surface area contributed by atoms with Crippen LogP contribution in [0.4, 0.5) is 0 Å². The molecule has 0 amide bonds. The van der Waals surface area contributed by atoms with Crippen LogP contribution < -0.4 is 0 Å². The zero-order chi connectivity index (χ0) is 9.52. The molecule has 13 heavy (non-hydrogen) atoms. The first-order valence-electron chi connectivity index (χ1n) is 4.34. The lowest BCUT2D eigenvalue weighted by atomic mass is 10.1. The van der Waals surface area contributed by atoms with Gasteiger partial charge in [-0.15, -0.1) is 0 Å². The number of aliphatic hydroxyl groups excluding tert-OH is 1. The molecule has 1 aromatic rings. The Hall–Kier alpha value is -0.730. The highest BCUT2D eigenvalue weighted by Crippen LogP contribution is 2.07. The van der Waals surface area contributed by atoms with Crippen molar-refractivity contribution in [2.24, 2.45) is 0 Å². The van der Waals surface area contributed by atoms with Crippen molar-refractivity contribution < 1.29 is 5.11 Å². The summed E-state index contributed by atoms with van der Waals surface area (Å²) in [6.45, 7) is 0.208. The molecule has 70 valence electrons. The van der Waals surface area contributed by atoms with Crippen molar-refractivity contribution in [2.45, 2.75) is 6.42 Å². The number of aliphatic hydroxyl groups is 1. The van der Waals surface area contributed by atoms with Crippen LogP contribution in [0, 0.1) is 0 Å². The van der Waals surface area contributed by atoms with Gasteiger partial charge in [0.25, 0.3) is 0 Å². The molecule has 0 atom stereocenters. The minimum atomic E-state index is 0.208. The second-order valence-corrected chi connectivity index (χ2v) is 3.17. The predicted octanol–water partition coefficient (Wildman–Crippen LogP) is 2.16. The summed E-state index contributed by atoms with van der Waals surface area (Å²) < 4.78 is 0. The highest BCUT2D eigenvalue weighted by Gasteiger charge is 1.91. The molecule has 0 aliphatic heterocycles. The lowest BCUT2D eigenvalue weighted by Crippen LogP contribution is -1.90. The minimum absolute atomic E-state index is 0.208. The third-order valence-electron chi connectivity index (χ3n) is 1.77. The molecule has 0 heterocycles. The van der Waals surface area contributed by atoms with Crippen molar-refractivity contribution in [3.8, 4) is 0 Å². The Morgan fingerprint density at radius 3 is 2.92 bits per heavy atom. The SMILES string of the molecule is OCCc1cccc(C=CCS)c1. The first kappa shape index (κ1) is 10.4. The van der Waals surface area contributed by atoms with E-state index in [4.69, 9.17) is 5.11 Å². The number of hydrogen-bond acceptors (Lipinski definition) is 2. The van der Waals surface area contributed by atoms with Gasteiger partial charge in [-0.25, -0.2) is 0 Å². The number of rotatable bonds is 4. The maximum Gasteiger partial charge on any atom is 0.0471 e. The molecular weight excluding hydrogens is 180 g/mol. The first-order chi connectivity index (χ1) is 6.36. The molecule has 0 radical (unpaired) electrons. The summed E-state index contributed by atoms with van der Waals surface area (Å²) in [5.74, 6) is 0.754. The first-order valence-corrected chi connectivity index (χ1v) is 4.97. The van der Waals surface area contributed by atoms with Gasteiger partial charge in [0.2, 0.25) is 0 Å². The molecule has 1 nitrogen and oxygen atoms in total. The van der Waals surface area contributed by atoms with E-state index in [0.29, 0.717) is 0 Å². The maximum absolute atomic E-state index is 8.76. The largest absolute Gasteiger partial charge is 0.396 e. The number of benzene rings is 1. The second kappa shape index (κ2) is 5.84. The Labute approximate surface area is 84.5 Å². The van der Waals surface area contributed by atoms with E-state index in [2.05, 4.69) is 18.7 Å². The molecule has 0 fully saturated rings. The summed E-state index contributed by atoms with van der Waals surface area (Å²) in [5.41, 5.74) is 2.34. The fourth-order valence-electron chi connectivity index (χ4n) is 1.17. The minimum Gasteiger partial charge on any atom is -0.396 e. The van der Waals surface area contributed by atoms with Crippen molar-refractivity contribution in [1.82, 2.24) is 0 Å². The van der Waals surface area contributed by atoms with Crippen molar-refractivity contribution in [3.63, 3.8) is 0 Å². The van der Waals surface area contributed by atoms with Crippen LogP contribution >= 0.6 is 12.6 Å². The van der Waals surface area contributed by atoms with Crippen LogP contribution in [0.2, 0.25) is 0 Å².